The van der Waals surface area contributed by atoms with Crippen LogP contribution in [0.2, 0.25) is 0 Å². The minimum atomic E-state index is -0.548. The number of aliphatic hydroxyl groups is 1. The summed E-state index contributed by atoms with van der Waals surface area (Å²) in [5, 5.41) is 10.0. The average molecular weight is 949 g/mol. The molecule has 0 aliphatic rings. The van der Waals surface area contributed by atoms with Crippen LogP contribution in [0.15, 0.2) is 48.5 Å². The molecule has 68 heavy (non-hydrogen) atoms. The minimum absolute atomic E-state index is 0.00461. The number of ether oxygens (including phenoxy) is 12. The highest BCUT2D eigenvalue weighted by Crippen LogP contribution is 2.39. The van der Waals surface area contributed by atoms with Gasteiger partial charge in [-0.25, -0.2) is 0 Å². The molecule has 368 valence electrons. The molecule has 1 N–H and O–H groups in total. The molecule has 0 bridgehead atoms. The maximum Gasteiger partial charge on any atom is 0.308 e. The Morgan fingerprint density at radius 3 is 0.882 bits per heavy atom. The van der Waals surface area contributed by atoms with Crippen LogP contribution in [-0.2, 0) is 95.0 Å². The van der Waals surface area contributed by atoms with Gasteiger partial charge in [0.15, 0.2) is 46.0 Å². The predicted octanol–water partition coefficient (Wildman–Crippen LogP) is 6.30. The molecule has 0 amide bonds. The highest BCUT2D eigenvalue weighted by atomic mass is 16.6. The van der Waals surface area contributed by atoms with Gasteiger partial charge in [-0.1, -0.05) is 0 Å². The molecule has 0 aliphatic carbocycles. The number of hydrogen-bond donors (Lipinski definition) is 1. The molecule has 0 heterocycles. The first-order valence-electron chi connectivity index (χ1n) is 21.5. The van der Waals surface area contributed by atoms with E-state index < -0.39 is 29.8 Å². The molecular weight excluding hydrogens is 889 g/mol. The summed E-state index contributed by atoms with van der Waals surface area (Å²) in [5.41, 5.74) is 5.22. The number of carbonyl (C=O) groups is 5. The van der Waals surface area contributed by atoms with Crippen LogP contribution in [0.4, 0.5) is 0 Å². The Morgan fingerprint density at radius 1 is 0.368 bits per heavy atom. The maximum atomic E-state index is 12.4. The molecular formula is C50H60O18. The number of benzene rings is 4. The quantitative estimate of drug-likeness (QED) is 0.0394. The van der Waals surface area contributed by atoms with E-state index in [0.717, 1.165) is 0 Å². The number of aryl methyl sites for hydroxylation is 4. The molecule has 0 saturated carbocycles. The van der Waals surface area contributed by atoms with Gasteiger partial charge in [0, 0.05) is 32.6 Å². The fourth-order valence-electron chi connectivity index (χ4n) is 7.09. The molecule has 0 spiro atoms. The van der Waals surface area contributed by atoms with Crippen molar-refractivity contribution in [1.29, 1.82) is 0 Å². The number of carbonyl (C=O) groups excluding carboxylic acids is 5. The molecule has 0 aromatic heterocycles. The first kappa shape index (κ1) is 53.4. The summed E-state index contributed by atoms with van der Waals surface area (Å²) in [7, 11) is 11.1. The first-order chi connectivity index (χ1) is 32.7. The van der Waals surface area contributed by atoms with Gasteiger partial charge in [0.25, 0.3) is 0 Å². The van der Waals surface area contributed by atoms with Gasteiger partial charge in [-0.15, -0.1) is 0 Å². The molecule has 18 heteroatoms. The molecule has 0 aliphatic heterocycles. The lowest BCUT2D eigenvalue weighted by Crippen LogP contribution is -2.10. The summed E-state index contributed by atoms with van der Waals surface area (Å²) in [6.07, 6.45) is 1.27. The van der Waals surface area contributed by atoms with E-state index in [2.05, 4.69) is 0 Å². The average Bonchev–Trinajstić information content (AvgIpc) is 3.35. The predicted molar refractivity (Wildman–Crippen MR) is 244 cm³/mol. The van der Waals surface area contributed by atoms with Crippen molar-refractivity contribution in [2.75, 3.05) is 56.9 Å². The second-order valence-electron chi connectivity index (χ2n) is 15.0. The normalized spacial score (nSPS) is 10.6. The number of rotatable bonds is 27. The molecule has 0 unspecified atom stereocenters. The van der Waals surface area contributed by atoms with Crippen molar-refractivity contribution in [2.24, 2.45) is 0 Å². The third-order valence-electron chi connectivity index (χ3n) is 10.8. The zero-order chi connectivity index (χ0) is 49.8. The largest absolute Gasteiger partial charge is 0.493 e. The summed E-state index contributed by atoms with van der Waals surface area (Å²) < 4.78 is 66.7. The third kappa shape index (κ3) is 15.2. The summed E-state index contributed by atoms with van der Waals surface area (Å²) in [4.78, 5) is 60.7. The lowest BCUT2D eigenvalue weighted by atomic mass is 10.0. The van der Waals surface area contributed by atoms with Gasteiger partial charge in [-0.05, 0) is 119 Å². The molecule has 0 atom stereocenters. The van der Waals surface area contributed by atoms with E-state index in [1.54, 1.807) is 48.5 Å². The molecule has 4 aromatic carbocycles. The summed E-state index contributed by atoms with van der Waals surface area (Å²) in [6, 6.07) is 13.7. The first-order valence-corrected chi connectivity index (χ1v) is 21.5. The molecule has 0 radical (unpaired) electrons. The second kappa shape index (κ2) is 26.8. The van der Waals surface area contributed by atoms with Crippen LogP contribution in [0, 0.1) is 0 Å². The van der Waals surface area contributed by atoms with E-state index in [1.165, 1.54) is 63.8 Å². The summed E-state index contributed by atoms with van der Waals surface area (Å²) in [6.45, 7) is 0.950. The van der Waals surface area contributed by atoms with E-state index in [4.69, 9.17) is 56.8 Å². The Labute approximate surface area is 395 Å². The minimum Gasteiger partial charge on any atom is -0.493 e. The van der Waals surface area contributed by atoms with Gasteiger partial charge >= 0.3 is 29.8 Å². The van der Waals surface area contributed by atoms with Crippen LogP contribution in [-0.4, -0.2) is 91.8 Å². The van der Waals surface area contributed by atoms with Crippen molar-refractivity contribution in [3.05, 3.63) is 93.0 Å². The van der Waals surface area contributed by atoms with Crippen LogP contribution in [0.3, 0.4) is 0 Å². The fraction of sp³-hybridized carbons (Fsp3) is 0.420. The zero-order valence-electron chi connectivity index (χ0n) is 40.0. The second-order valence-corrected chi connectivity index (χ2v) is 15.0. The SMILES string of the molecule is COC(=O)CCc1cc(OCc2cc(OC)c(OCc3cc(OC)c(OCc4cc(OC)c(OC(C)=O)cc4CCC(=O)OC)cc3CCC(=O)OC)cc2CCC(=O)OC)c(OC)cc1CO. The zero-order valence-corrected chi connectivity index (χ0v) is 40.0. The van der Waals surface area contributed by atoms with Gasteiger partial charge in [0.05, 0.1) is 63.5 Å². The number of methoxy groups -OCH3 is 8. The number of aliphatic hydroxyl groups excluding tert-OH is 1. The van der Waals surface area contributed by atoms with Crippen LogP contribution in [0.1, 0.15) is 77.1 Å². The van der Waals surface area contributed by atoms with Crippen molar-refractivity contribution in [3.8, 4) is 46.0 Å². The monoisotopic (exact) mass is 948 g/mol. The summed E-state index contributed by atoms with van der Waals surface area (Å²) >= 11 is 0. The highest BCUT2D eigenvalue weighted by molar-refractivity contribution is 5.72. The topological polar surface area (TPSA) is 216 Å². The van der Waals surface area contributed by atoms with E-state index in [9.17, 15) is 29.1 Å². The molecule has 0 fully saturated rings. The number of esters is 5. The molecule has 18 nitrogen and oxygen atoms in total. The van der Waals surface area contributed by atoms with Crippen LogP contribution in [0.5, 0.6) is 46.0 Å². The van der Waals surface area contributed by atoms with Crippen molar-refractivity contribution in [1.82, 2.24) is 0 Å². The van der Waals surface area contributed by atoms with Crippen LogP contribution < -0.4 is 37.9 Å². The Bertz CT molecular complexity index is 2390. The lowest BCUT2D eigenvalue weighted by Gasteiger charge is -2.20. The smallest absolute Gasteiger partial charge is 0.308 e. The summed E-state index contributed by atoms with van der Waals surface area (Å²) in [5.74, 6) is 0.334. The molecule has 0 saturated heterocycles. The third-order valence-corrected chi connectivity index (χ3v) is 10.8. The number of hydrogen-bond acceptors (Lipinski definition) is 18. The van der Waals surface area contributed by atoms with Crippen molar-refractivity contribution >= 4 is 29.8 Å². The Kier molecular flexibility index (Phi) is 21.1. The van der Waals surface area contributed by atoms with Crippen molar-refractivity contribution < 1.29 is 85.9 Å². The molecule has 4 aromatic rings. The Hall–Kier alpha value is -7.21. The Balaban J connectivity index is 1.70. The standard InChI is InChI=1S/C50H60O18/c1-30(52)68-46-21-34(13-17-50(56)64-9)38(25-42(46)60-5)29-67-45-20-33(12-16-49(55)63-8)37(24-41(45)59-4)28-66-44-19-32(11-15-48(54)62-7)36(23-40(44)58-3)27-65-43-18-31(10-14-47(53)61-6)35(26-51)22-39(43)57-2/h18-25,51H,10-17,26-29H2,1-9H3. The highest BCUT2D eigenvalue weighted by Gasteiger charge is 2.21. The van der Waals surface area contributed by atoms with Crippen molar-refractivity contribution in [3.63, 3.8) is 0 Å². The fourth-order valence-corrected chi connectivity index (χ4v) is 7.09. The van der Waals surface area contributed by atoms with Crippen LogP contribution >= 0.6 is 0 Å². The van der Waals surface area contributed by atoms with Gasteiger partial charge in [-0.3, -0.25) is 24.0 Å². The van der Waals surface area contributed by atoms with E-state index >= 15 is 0 Å². The van der Waals surface area contributed by atoms with E-state index in [1.807, 2.05) is 0 Å². The lowest BCUT2D eigenvalue weighted by molar-refractivity contribution is -0.141. The van der Waals surface area contributed by atoms with Gasteiger partial charge in [-0.2, -0.15) is 0 Å². The van der Waals surface area contributed by atoms with Gasteiger partial charge in [0.1, 0.15) is 19.8 Å². The van der Waals surface area contributed by atoms with E-state index in [0.29, 0.717) is 85.4 Å². The maximum absolute atomic E-state index is 12.4. The van der Waals surface area contributed by atoms with E-state index in [-0.39, 0.29) is 82.9 Å². The van der Waals surface area contributed by atoms with Crippen LogP contribution in [0.25, 0.3) is 0 Å². The Morgan fingerprint density at radius 2 is 0.618 bits per heavy atom. The van der Waals surface area contributed by atoms with Crippen molar-refractivity contribution in [2.45, 2.75) is 84.7 Å². The van der Waals surface area contributed by atoms with Gasteiger partial charge < -0.3 is 61.9 Å². The van der Waals surface area contributed by atoms with Gasteiger partial charge in [0.2, 0.25) is 0 Å². The molecule has 4 rings (SSSR count).